The molecule has 0 bridgehead atoms. The lowest BCUT2D eigenvalue weighted by molar-refractivity contribution is -0.137. The van der Waals surface area contributed by atoms with Gasteiger partial charge in [-0.05, 0) is 26.0 Å². The Balaban J connectivity index is 2.13. The SMILES string of the molecule is CC1(C)Oc2ccc(C(F)(F)F)c(Cl)c2[C@H]2O[C@H]21. The second-order valence-corrected chi connectivity index (χ2v) is 5.40. The summed E-state index contributed by atoms with van der Waals surface area (Å²) in [6.45, 7) is 3.68. The molecule has 3 rings (SSSR count). The number of rotatable bonds is 0. The standard InChI is InChI=1S/C12H10ClF3O2/c1-11(2)10-9(17-10)7-6(18-11)4-3-5(8(7)13)12(14,15)16/h3-4,9-10H,1-2H3/t9-,10-/m1/s1. The second-order valence-electron chi connectivity index (χ2n) is 5.02. The summed E-state index contributed by atoms with van der Waals surface area (Å²) in [4.78, 5) is 0. The van der Waals surface area contributed by atoms with Crippen LogP contribution in [0.25, 0.3) is 0 Å². The molecule has 0 aliphatic carbocycles. The average Bonchev–Trinajstić information content (AvgIpc) is 2.94. The first-order chi connectivity index (χ1) is 8.22. The summed E-state index contributed by atoms with van der Waals surface area (Å²) in [5.74, 6) is 0.372. The van der Waals surface area contributed by atoms with Crippen LogP contribution in [-0.4, -0.2) is 11.7 Å². The van der Waals surface area contributed by atoms with E-state index in [1.807, 2.05) is 13.8 Å². The second kappa shape index (κ2) is 3.33. The molecule has 0 saturated carbocycles. The fraction of sp³-hybridized carbons (Fsp3) is 0.500. The predicted molar refractivity (Wildman–Crippen MR) is 58.8 cm³/mol. The summed E-state index contributed by atoms with van der Waals surface area (Å²) < 4.78 is 49.3. The maximum Gasteiger partial charge on any atom is 0.417 e. The van der Waals surface area contributed by atoms with Crippen molar-refractivity contribution in [3.63, 3.8) is 0 Å². The number of epoxide rings is 1. The van der Waals surface area contributed by atoms with Gasteiger partial charge in [0.1, 0.15) is 23.6 Å². The van der Waals surface area contributed by atoms with Gasteiger partial charge >= 0.3 is 6.18 Å². The van der Waals surface area contributed by atoms with Gasteiger partial charge in [-0.2, -0.15) is 13.2 Å². The lowest BCUT2D eigenvalue weighted by Crippen LogP contribution is -2.38. The molecule has 0 N–H and O–H groups in total. The van der Waals surface area contributed by atoms with Crippen molar-refractivity contribution >= 4 is 11.6 Å². The van der Waals surface area contributed by atoms with Gasteiger partial charge in [-0.15, -0.1) is 0 Å². The Morgan fingerprint density at radius 1 is 1.28 bits per heavy atom. The van der Waals surface area contributed by atoms with Gasteiger partial charge in [0.2, 0.25) is 0 Å². The fourth-order valence-electron chi connectivity index (χ4n) is 2.35. The van der Waals surface area contributed by atoms with Crippen molar-refractivity contribution in [3.8, 4) is 5.75 Å². The van der Waals surface area contributed by atoms with Crippen LogP contribution in [0.5, 0.6) is 5.75 Å². The molecule has 2 aliphatic rings. The van der Waals surface area contributed by atoms with Crippen LogP contribution < -0.4 is 4.74 Å². The molecule has 1 fully saturated rings. The molecular weight excluding hydrogens is 269 g/mol. The highest BCUT2D eigenvalue weighted by molar-refractivity contribution is 6.32. The van der Waals surface area contributed by atoms with Crippen molar-refractivity contribution in [1.82, 2.24) is 0 Å². The van der Waals surface area contributed by atoms with Crippen LogP contribution in [0.2, 0.25) is 5.02 Å². The Morgan fingerprint density at radius 2 is 1.94 bits per heavy atom. The summed E-state index contributed by atoms with van der Waals surface area (Å²) in [6.07, 6.45) is -5.09. The molecule has 2 aliphatic heterocycles. The number of hydrogen-bond acceptors (Lipinski definition) is 2. The summed E-state index contributed by atoms with van der Waals surface area (Å²) in [6, 6.07) is 2.25. The van der Waals surface area contributed by atoms with E-state index in [0.29, 0.717) is 11.3 Å². The Kier molecular flexibility index (Phi) is 2.24. The van der Waals surface area contributed by atoms with Crippen molar-refractivity contribution in [2.75, 3.05) is 0 Å². The molecule has 0 amide bonds. The summed E-state index contributed by atoms with van der Waals surface area (Å²) in [5.41, 5.74) is -1.07. The summed E-state index contributed by atoms with van der Waals surface area (Å²) in [5, 5.41) is -0.317. The lowest BCUT2D eigenvalue weighted by atomic mass is 9.93. The molecule has 6 heteroatoms. The van der Waals surface area contributed by atoms with Crippen molar-refractivity contribution in [2.45, 2.75) is 37.8 Å². The Labute approximate surface area is 107 Å². The first-order valence-corrected chi connectivity index (χ1v) is 5.83. The van der Waals surface area contributed by atoms with Crippen LogP contribution in [-0.2, 0) is 10.9 Å². The van der Waals surface area contributed by atoms with Gasteiger partial charge in [-0.25, -0.2) is 0 Å². The molecule has 2 nitrogen and oxygen atoms in total. The van der Waals surface area contributed by atoms with Crippen molar-refractivity contribution < 1.29 is 22.6 Å². The zero-order chi connectivity index (χ0) is 13.3. The fourth-order valence-corrected chi connectivity index (χ4v) is 2.72. The molecule has 0 unspecified atom stereocenters. The van der Waals surface area contributed by atoms with E-state index >= 15 is 0 Å². The van der Waals surface area contributed by atoms with Gasteiger partial charge < -0.3 is 9.47 Å². The highest BCUT2D eigenvalue weighted by atomic mass is 35.5. The third kappa shape index (κ3) is 1.61. The van der Waals surface area contributed by atoms with Gasteiger partial charge in [0.25, 0.3) is 0 Å². The molecule has 1 saturated heterocycles. The van der Waals surface area contributed by atoms with Crippen molar-refractivity contribution in [2.24, 2.45) is 0 Å². The van der Waals surface area contributed by atoms with Crippen LogP contribution in [0.3, 0.4) is 0 Å². The predicted octanol–water partition coefficient (Wildman–Crippen LogP) is 3.97. The quantitative estimate of drug-likeness (QED) is 0.670. The van der Waals surface area contributed by atoms with E-state index in [1.165, 1.54) is 6.07 Å². The molecule has 18 heavy (non-hydrogen) atoms. The molecule has 98 valence electrons. The van der Waals surface area contributed by atoms with Gasteiger partial charge in [0.15, 0.2) is 0 Å². The molecule has 2 heterocycles. The minimum Gasteiger partial charge on any atom is -0.485 e. The lowest BCUT2D eigenvalue weighted by Gasteiger charge is -2.30. The number of fused-ring (bicyclic) bond motifs is 3. The third-order valence-corrected chi connectivity index (χ3v) is 3.69. The van der Waals surface area contributed by atoms with Crippen LogP contribution in [0, 0.1) is 0 Å². The van der Waals surface area contributed by atoms with Gasteiger partial charge in [-0.3, -0.25) is 0 Å². The molecule has 1 aromatic carbocycles. The maximum absolute atomic E-state index is 12.7. The molecular formula is C12H10ClF3O2. The number of benzene rings is 1. The average molecular weight is 279 g/mol. The minimum atomic E-state index is -4.47. The number of alkyl halides is 3. The van der Waals surface area contributed by atoms with Crippen molar-refractivity contribution in [3.05, 3.63) is 28.3 Å². The van der Waals surface area contributed by atoms with E-state index in [2.05, 4.69) is 0 Å². The number of halogens is 4. The van der Waals surface area contributed by atoms with Gasteiger partial charge in [-0.1, -0.05) is 11.6 Å². The maximum atomic E-state index is 12.7. The smallest absolute Gasteiger partial charge is 0.417 e. The Hall–Kier alpha value is -0.940. The first kappa shape index (κ1) is 12.1. The normalized spacial score (nSPS) is 28.1. The molecule has 0 radical (unpaired) electrons. The third-order valence-electron chi connectivity index (χ3n) is 3.28. The highest BCUT2D eigenvalue weighted by Crippen LogP contribution is 2.57. The van der Waals surface area contributed by atoms with E-state index < -0.39 is 23.4 Å². The van der Waals surface area contributed by atoms with Crippen LogP contribution in [0.1, 0.15) is 31.1 Å². The largest absolute Gasteiger partial charge is 0.485 e. The zero-order valence-corrected chi connectivity index (χ0v) is 10.4. The summed E-state index contributed by atoms with van der Waals surface area (Å²) >= 11 is 5.85. The molecule has 0 spiro atoms. The van der Waals surface area contributed by atoms with E-state index in [4.69, 9.17) is 21.1 Å². The first-order valence-electron chi connectivity index (χ1n) is 5.46. The van der Waals surface area contributed by atoms with Gasteiger partial charge in [0, 0.05) is 5.56 Å². The van der Waals surface area contributed by atoms with Gasteiger partial charge in [0.05, 0.1) is 10.6 Å². The summed E-state index contributed by atoms with van der Waals surface area (Å²) in [7, 11) is 0. The van der Waals surface area contributed by atoms with E-state index in [0.717, 1.165) is 6.07 Å². The van der Waals surface area contributed by atoms with Crippen LogP contribution in [0.15, 0.2) is 12.1 Å². The minimum absolute atomic E-state index is 0.231. The monoisotopic (exact) mass is 278 g/mol. The van der Waals surface area contributed by atoms with Crippen LogP contribution >= 0.6 is 11.6 Å². The van der Waals surface area contributed by atoms with Crippen LogP contribution in [0.4, 0.5) is 13.2 Å². The van der Waals surface area contributed by atoms with E-state index in [9.17, 15) is 13.2 Å². The zero-order valence-electron chi connectivity index (χ0n) is 9.64. The molecule has 0 aromatic heterocycles. The molecule has 2 atom stereocenters. The Morgan fingerprint density at radius 3 is 2.56 bits per heavy atom. The topological polar surface area (TPSA) is 21.8 Å². The van der Waals surface area contributed by atoms with E-state index in [1.54, 1.807) is 0 Å². The number of hydrogen-bond donors (Lipinski definition) is 0. The van der Waals surface area contributed by atoms with E-state index in [-0.39, 0.29) is 11.1 Å². The highest BCUT2D eigenvalue weighted by Gasteiger charge is 2.58. The molecule has 1 aromatic rings. The Bertz CT molecular complexity index is 525. The van der Waals surface area contributed by atoms with Crippen molar-refractivity contribution in [1.29, 1.82) is 0 Å². The number of ether oxygens (including phenoxy) is 2.